The third-order valence-corrected chi connectivity index (χ3v) is 4.16. The van der Waals surface area contributed by atoms with Crippen molar-refractivity contribution in [3.63, 3.8) is 0 Å². The normalized spacial score (nSPS) is 11.2. The van der Waals surface area contributed by atoms with Gasteiger partial charge in [0.2, 0.25) is 5.43 Å². The van der Waals surface area contributed by atoms with Crippen LogP contribution in [-0.2, 0) is 6.54 Å². The summed E-state index contributed by atoms with van der Waals surface area (Å²) in [7, 11) is 0. The van der Waals surface area contributed by atoms with Crippen molar-refractivity contribution in [2.24, 2.45) is 5.92 Å². The maximum absolute atomic E-state index is 13.7. The lowest BCUT2D eigenvalue weighted by molar-refractivity contribution is 0.103. The van der Waals surface area contributed by atoms with Crippen molar-refractivity contribution >= 4 is 16.7 Å². The highest BCUT2D eigenvalue weighted by molar-refractivity contribution is 6.10. The van der Waals surface area contributed by atoms with E-state index < -0.39 is 11.2 Å². The van der Waals surface area contributed by atoms with Gasteiger partial charge in [0.15, 0.2) is 5.78 Å². The summed E-state index contributed by atoms with van der Waals surface area (Å²) in [5.41, 5.74) is 1.77. The third-order valence-electron chi connectivity index (χ3n) is 4.16. The van der Waals surface area contributed by atoms with Gasteiger partial charge in [-0.25, -0.2) is 4.39 Å². The Morgan fingerprint density at radius 2 is 1.80 bits per heavy atom. The van der Waals surface area contributed by atoms with E-state index in [0.717, 1.165) is 5.56 Å². The van der Waals surface area contributed by atoms with E-state index in [-0.39, 0.29) is 16.7 Å². The SMILES string of the molecule is Cc1ccc(C(=O)c2cn(CC(C)C)c3ccc(F)cc3c2=O)cc1. The topological polar surface area (TPSA) is 39.1 Å². The Hall–Kier alpha value is -2.75. The average molecular weight is 337 g/mol. The lowest BCUT2D eigenvalue weighted by Crippen LogP contribution is -2.21. The van der Waals surface area contributed by atoms with Crippen molar-refractivity contribution in [3.05, 3.63) is 81.4 Å². The van der Waals surface area contributed by atoms with Crippen molar-refractivity contribution in [3.8, 4) is 0 Å². The number of nitrogens with zero attached hydrogens (tertiary/aromatic N) is 1. The molecule has 0 bridgehead atoms. The van der Waals surface area contributed by atoms with Crippen molar-refractivity contribution < 1.29 is 9.18 Å². The van der Waals surface area contributed by atoms with Gasteiger partial charge in [0, 0.05) is 23.7 Å². The predicted octanol–water partition coefficient (Wildman–Crippen LogP) is 4.34. The lowest BCUT2D eigenvalue weighted by atomic mass is 10.0. The van der Waals surface area contributed by atoms with E-state index in [4.69, 9.17) is 0 Å². The molecular weight excluding hydrogens is 317 g/mol. The van der Waals surface area contributed by atoms with Gasteiger partial charge in [0.25, 0.3) is 0 Å². The van der Waals surface area contributed by atoms with Gasteiger partial charge in [-0.15, -0.1) is 0 Å². The minimum Gasteiger partial charge on any atom is -0.346 e. The molecule has 0 amide bonds. The summed E-state index contributed by atoms with van der Waals surface area (Å²) in [6.07, 6.45) is 1.60. The lowest BCUT2D eigenvalue weighted by Gasteiger charge is -2.15. The first-order valence-electron chi connectivity index (χ1n) is 8.31. The first-order valence-corrected chi connectivity index (χ1v) is 8.31. The van der Waals surface area contributed by atoms with Gasteiger partial charge in [-0.2, -0.15) is 0 Å². The Morgan fingerprint density at radius 1 is 1.12 bits per heavy atom. The molecule has 0 aliphatic rings. The first-order chi connectivity index (χ1) is 11.9. The molecule has 2 aromatic carbocycles. The number of ketones is 1. The van der Waals surface area contributed by atoms with Crippen LogP contribution in [-0.4, -0.2) is 10.4 Å². The van der Waals surface area contributed by atoms with Crippen molar-refractivity contribution in [1.29, 1.82) is 0 Å². The van der Waals surface area contributed by atoms with E-state index in [0.29, 0.717) is 23.5 Å². The van der Waals surface area contributed by atoms with Gasteiger partial charge in [-0.3, -0.25) is 9.59 Å². The first kappa shape index (κ1) is 17.1. The maximum Gasteiger partial charge on any atom is 0.200 e. The van der Waals surface area contributed by atoms with Crippen molar-refractivity contribution in [2.45, 2.75) is 27.3 Å². The second kappa shape index (κ2) is 6.63. The molecule has 0 saturated carbocycles. The number of aromatic nitrogens is 1. The number of halogens is 1. The van der Waals surface area contributed by atoms with Crippen LogP contribution in [0.2, 0.25) is 0 Å². The second-order valence-corrected chi connectivity index (χ2v) is 6.77. The Balaban J connectivity index is 2.23. The number of pyridine rings is 1. The van der Waals surface area contributed by atoms with Gasteiger partial charge >= 0.3 is 0 Å². The summed E-state index contributed by atoms with van der Waals surface area (Å²) in [5.74, 6) is -0.507. The fourth-order valence-electron chi connectivity index (χ4n) is 2.94. The second-order valence-electron chi connectivity index (χ2n) is 6.77. The molecule has 25 heavy (non-hydrogen) atoms. The molecule has 3 nitrogen and oxygen atoms in total. The van der Waals surface area contributed by atoms with Crippen LogP contribution in [0.1, 0.15) is 35.3 Å². The van der Waals surface area contributed by atoms with Crippen LogP contribution in [0.15, 0.2) is 53.5 Å². The summed E-state index contributed by atoms with van der Waals surface area (Å²) >= 11 is 0. The van der Waals surface area contributed by atoms with E-state index in [9.17, 15) is 14.0 Å². The van der Waals surface area contributed by atoms with Crippen LogP contribution >= 0.6 is 0 Å². The molecule has 1 aromatic heterocycles. The molecule has 0 N–H and O–H groups in total. The summed E-state index contributed by atoms with van der Waals surface area (Å²) in [6, 6.07) is 11.2. The monoisotopic (exact) mass is 337 g/mol. The van der Waals surface area contributed by atoms with Gasteiger partial charge in [0.1, 0.15) is 5.82 Å². The maximum atomic E-state index is 13.7. The Morgan fingerprint density at radius 3 is 2.44 bits per heavy atom. The van der Waals surface area contributed by atoms with Crippen LogP contribution in [0.5, 0.6) is 0 Å². The highest BCUT2D eigenvalue weighted by Gasteiger charge is 2.18. The fraction of sp³-hybridized carbons (Fsp3) is 0.238. The van der Waals surface area contributed by atoms with Gasteiger partial charge in [0.05, 0.1) is 11.1 Å². The largest absolute Gasteiger partial charge is 0.346 e. The Kier molecular flexibility index (Phi) is 4.53. The van der Waals surface area contributed by atoms with Gasteiger partial charge < -0.3 is 4.57 Å². The zero-order valence-corrected chi connectivity index (χ0v) is 14.5. The zero-order valence-electron chi connectivity index (χ0n) is 14.5. The molecule has 0 fully saturated rings. The average Bonchev–Trinajstić information content (AvgIpc) is 2.57. The van der Waals surface area contributed by atoms with Crippen LogP contribution in [0.25, 0.3) is 10.9 Å². The summed E-state index contributed by atoms with van der Waals surface area (Å²) in [6.45, 7) is 6.67. The minimum absolute atomic E-state index is 0.0719. The molecule has 0 saturated heterocycles. The standard InChI is InChI=1S/C21H20FNO2/c1-13(2)11-23-12-18(20(24)15-6-4-14(3)5-7-15)21(25)17-10-16(22)8-9-19(17)23/h4-10,12-13H,11H2,1-3H3. The highest BCUT2D eigenvalue weighted by Crippen LogP contribution is 2.17. The van der Waals surface area contributed by atoms with E-state index in [1.165, 1.54) is 12.1 Å². The van der Waals surface area contributed by atoms with E-state index >= 15 is 0 Å². The molecular formula is C21H20FNO2. The smallest absolute Gasteiger partial charge is 0.200 e. The number of carbonyl (C=O) groups excluding carboxylic acids is 1. The number of fused-ring (bicyclic) bond motifs is 1. The summed E-state index contributed by atoms with van der Waals surface area (Å²) in [5, 5.41) is 0.235. The molecule has 0 aliphatic heterocycles. The van der Waals surface area contributed by atoms with Crippen LogP contribution in [0, 0.1) is 18.7 Å². The predicted molar refractivity (Wildman–Crippen MR) is 97.6 cm³/mol. The number of hydrogen-bond donors (Lipinski definition) is 0. The molecule has 0 spiro atoms. The molecule has 0 unspecified atom stereocenters. The molecule has 0 atom stereocenters. The van der Waals surface area contributed by atoms with Crippen LogP contribution in [0.4, 0.5) is 4.39 Å². The number of hydrogen-bond acceptors (Lipinski definition) is 2. The fourth-order valence-corrected chi connectivity index (χ4v) is 2.94. The molecule has 0 radical (unpaired) electrons. The van der Waals surface area contributed by atoms with E-state index in [1.54, 1.807) is 24.4 Å². The van der Waals surface area contributed by atoms with Crippen LogP contribution in [0.3, 0.4) is 0 Å². The molecule has 0 aliphatic carbocycles. The van der Waals surface area contributed by atoms with Gasteiger partial charge in [-0.1, -0.05) is 43.7 Å². The van der Waals surface area contributed by atoms with Crippen molar-refractivity contribution in [1.82, 2.24) is 4.57 Å². The Labute approximate surface area is 145 Å². The quantitative estimate of drug-likeness (QED) is 0.665. The Bertz CT molecular complexity index is 1000. The zero-order chi connectivity index (χ0) is 18.1. The highest BCUT2D eigenvalue weighted by atomic mass is 19.1. The number of benzene rings is 2. The van der Waals surface area contributed by atoms with Gasteiger partial charge in [-0.05, 0) is 31.0 Å². The minimum atomic E-state index is -0.486. The molecule has 3 aromatic rings. The van der Waals surface area contributed by atoms with E-state index in [1.807, 2.05) is 23.6 Å². The van der Waals surface area contributed by atoms with Crippen molar-refractivity contribution in [2.75, 3.05) is 0 Å². The summed E-state index contributed by atoms with van der Waals surface area (Å²) in [4.78, 5) is 25.6. The molecule has 3 rings (SSSR count). The van der Waals surface area contributed by atoms with Crippen LogP contribution < -0.4 is 5.43 Å². The molecule has 4 heteroatoms. The third kappa shape index (κ3) is 3.38. The number of carbonyl (C=O) groups is 1. The van der Waals surface area contributed by atoms with E-state index in [2.05, 4.69) is 13.8 Å². The molecule has 1 heterocycles. The molecule has 128 valence electrons. The number of aryl methyl sites for hydroxylation is 1. The number of rotatable bonds is 4. The summed E-state index contributed by atoms with van der Waals surface area (Å²) < 4.78 is 15.5.